The fraction of sp³-hybridized carbons (Fsp3) is 0.316. The molecule has 1 atom stereocenters. The zero-order valence-corrected chi connectivity index (χ0v) is 13.6. The molecule has 1 saturated heterocycles. The molecule has 1 heterocycles. The van der Waals surface area contributed by atoms with Crippen LogP contribution in [0.2, 0.25) is 0 Å². The lowest BCUT2D eigenvalue weighted by atomic mass is 9.99. The molecule has 0 spiro atoms. The number of likely N-dealkylation sites (tertiary alicyclic amines) is 1. The van der Waals surface area contributed by atoms with Gasteiger partial charge in [-0.3, -0.25) is 4.79 Å². The van der Waals surface area contributed by atoms with Crippen LogP contribution < -0.4 is 5.73 Å². The van der Waals surface area contributed by atoms with Gasteiger partial charge in [0.25, 0.3) is 5.91 Å². The topological polar surface area (TPSA) is 46.3 Å². The van der Waals surface area contributed by atoms with Crippen LogP contribution in [0.15, 0.2) is 36.4 Å². The van der Waals surface area contributed by atoms with E-state index >= 15 is 0 Å². The number of rotatable bonds is 3. The van der Waals surface area contributed by atoms with Gasteiger partial charge in [0, 0.05) is 24.7 Å². The van der Waals surface area contributed by atoms with Crippen LogP contribution in [0.1, 0.15) is 29.6 Å². The molecule has 0 aromatic heterocycles. The van der Waals surface area contributed by atoms with Gasteiger partial charge < -0.3 is 10.6 Å². The molecule has 1 fully saturated rings. The number of benzene rings is 2. The summed E-state index contributed by atoms with van der Waals surface area (Å²) in [4.78, 5) is 14.5. The third kappa shape index (κ3) is 3.54. The van der Waals surface area contributed by atoms with Gasteiger partial charge in [-0.15, -0.1) is 0 Å². The zero-order valence-electron chi connectivity index (χ0n) is 13.6. The van der Waals surface area contributed by atoms with Crippen LogP contribution in [0.5, 0.6) is 0 Å². The van der Waals surface area contributed by atoms with Gasteiger partial charge in [0.1, 0.15) is 0 Å². The first-order valence-corrected chi connectivity index (χ1v) is 8.27. The molecule has 25 heavy (non-hydrogen) atoms. The molecule has 1 aliphatic heterocycles. The number of halogens is 3. The second-order valence-corrected chi connectivity index (χ2v) is 6.22. The van der Waals surface area contributed by atoms with Crippen molar-refractivity contribution < 1.29 is 18.0 Å². The van der Waals surface area contributed by atoms with Gasteiger partial charge in [-0.2, -0.15) is 0 Å². The van der Waals surface area contributed by atoms with Crippen molar-refractivity contribution in [3.63, 3.8) is 0 Å². The highest BCUT2D eigenvalue weighted by molar-refractivity contribution is 5.95. The van der Waals surface area contributed by atoms with E-state index in [-0.39, 0.29) is 17.5 Å². The number of hydrogen-bond acceptors (Lipinski definition) is 2. The van der Waals surface area contributed by atoms with Gasteiger partial charge in [0.15, 0.2) is 17.5 Å². The van der Waals surface area contributed by atoms with E-state index < -0.39 is 17.5 Å². The summed E-state index contributed by atoms with van der Waals surface area (Å²) in [5.41, 5.74) is 6.97. The quantitative estimate of drug-likeness (QED) is 0.859. The monoisotopic (exact) mass is 348 g/mol. The lowest BCUT2D eigenvalue weighted by Gasteiger charge is -2.35. The van der Waals surface area contributed by atoms with Gasteiger partial charge in [-0.1, -0.05) is 12.1 Å². The Morgan fingerprint density at radius 2 is 1.68 bits per heavy atom. The Balaban J connectivity index is 1.83. The van der Waals surface area contributed by atoms with Crippen LogP contribution in [-0.4, -0.2) is 29.9 Å². The number of amides is 1. The molecule has 0 radical (unpaired) electrons. The third-order valence-electron chi connectivity index (χ3n) is 4.61. The highest BCUT2D eigenvalue weighted by Crippen LogP contribution is 2.25. The summed E-state index contributed by atoms with van der Waals surface area (Å²) in [5, 5.41) is 0. The van der Waals surface area contributed by atoms with Gasteiger partial charge in [0.2, 0.25) is 0 Å². The van der Waals surface area contributed by atoms with Crippen molar-refractivity contribution in [1.82, 2.24) is 4.90 Å². The van der Waals surface area contributed by atoms with Crippen molar-refractivity contribution in [1.29, 1.82) is 0 Å². The molecule has 3 nitrogen and oxygen atoms in total. The van der Waals surface area contributed by atoms with Gasteiger partial charge >= 0.3 is 0 Å². The third-order valence-corrected chi connectivity index (χ3v) is 4.61. The number of nitrogens with two attached hydrogens (primary N) is 1. The molecule has 0 bridgehead atoms. The number of nitrogens with zero attached hydrogens (tertiary/aromatic N) is 1. The molecular formula is C19H19F3N2O. The predicted octanol–water partition coefficient (Wildman–Crippen LogP) is 3.72. The Kier molecular flexibility index (Phi) is 5.08. The zero-order chi connectivity index (χ0) is 18.0. The highest BCUT2D eigenvalue weighted by Gasteiger charge is 2.26. The molecule has 6 heteroatoms. The summed E-state index contributed by atoms with van der Waals surface area (Å²) in [6.45, 7) is 1.11. The molecule has 2 aromatic rings. The highest BCUT2D eigenvalue weighted by atomic mass is 19.2. The maximum atomic E-state index is 13.4. The summed E-state index contributed by atoms with van der Waals surface area (Å²) >= 11 is 0. The summed E-state index contributed by atoms with van der Waals surface area (Å²) in [6, 6.07) is 8.33. The van der Waals surface area contributed by atoms with Crippen LogP contribution in [0, 0.1) is 17.5 Å². The van der Waals surface area contributed by atoms with Gasteiger partial charge in [-0.25, -0.2) is 13.2 Å². The Hall–Kier alpha value is -2.34. The molecule has 132 valence electrons. The minimum absolute atomic E-state index is 0.0428. The fourth-order valence-electron chi connectivity index (χ4n) is 3.21. The molecule has 2 aromatic carbocycles. The maximum absolute atomic E-state index is 13.4. The van der Waals surface area contributed by atoms with Gasteiger partial charge in [-0.05, 0) is 54.7 Å². The first-order chi connectivity index (χ1) is 12.0. The van der Waals surface area contributed by atoms with E-state index in [9.17, 15) is 18.0 Å². The van der Waals surface area contributed by atoms with E-state index in [2.05, 4.69) is 0 Å². The van der Waals surface area contributed by atoms with Crippen molar-refractivity contribution in [2.24, 2.45) is 5.73 Å². The minimum atomic E-state index is -1.49. The van der Waals surface area contributed by atoms with Crippen LogP contribution in [0.25, 0.3) is 11.1 Å². The van der Waals surface area contributed by atoms with Crippen molar-refractivity contribution in [3.05, 3.63) is 59.4 Å². The molecular weight excluding hydrogens is 329 g/mol. The van der Waals surface area contributed by atoms with E-state index in [4.69, 9.17) is 5.73 Å². The summed E-state index contributed by atoms with van der Waals surface area (Å²) in [7, 11) is 0. The SMILES string of the molecule is NCC1CCCCN1C(=O)c1ccc(-c2cc(F)c(F)c(F)c2)cc1. The van der Waals surface area contributed by atoms with Crippen LogP contribution in [0.3, 0.4) is 0 Å². The van der Waals surface area contributed by atoms with Crippen molar-refractivity contribution in [2.45, 2.75) is 25.3 Å². The van der Waals surface area contributed by atoms with E-state index in [1.165, 1.54) is 0 Å². The molecule has 2 N–H and O–H groups in total. The van der Waals surface area contributed by atoms with E-state index in [1.54, 1.807) is 29.2 Å². The van der Waals surface area contributed by atoms with Crippen molar-refractivity contribution in [2.75, 3.05) is 13.1 Å². The Morgan fingerprint density at radius 1 is 1.04 bits per heavy atom. The molecule has 1 unspecified atom stereocenters. The fourth-order valence-corrected chi connectivity index (χ4v) is 3.21. The Bertz CT molecular complexity index is 754. The van der Waals surface area contributed by atoms with Crippen LogP contribution >= 0.6 is 0 Å². The van der Waals surface area contributed by atoms with E-state index in [0.29, 0.717) is 24.2 Å². The Labute approximate surface area is 144 Å². The first-order valence-electron chi connectivity index (χ1n) is 8.27. The standard InChI is InChI=1S/C19H19F3N2O/c20-16-9-14(10-17(21)18(16)22)12-4-6-13(7-5-12)19(25)24-8-2-1-3-15(24)11-23/h4-7,9-10,15H,1-3,8,11,23H2. The first kappa shape index (κ1) is 17.5. The minimum Gasteiger partial charge on any atom is -0.334 e. The molecule has 0 aliphatic carbocycles. The predicted molar refractivity (Wildman–Crippen MR) is 89.5 cm³/mol. The summed E-state index contributed by atoms with van der Waals surface area (Å²) in [6.07, 6.45) is 2.91. The van der Waals surface area contributed by atoms with Gasteiger partial charge in [0.05, 0.1) is 0 Å². The van der Waals surface area contributed by atoms with E-state index in [0.717, 1.165) is 31.4 Å². The lowest BCUT2D eigenvalue weighted by molar-refractivity contribution is 0.0623. The maximum Gasteiger partial charge on any atom is 0.254 e. The summed E-state index contributed by atoms with van der Waals surface area (Å²) in [5.74, 6) is -4.07. The molecule has 0 saturated carbocycles. The van der Waals surface area contributed by atoms with Crippen molar-refractivity contribution >= 4 is 5.91 Å². The van der Waals surface area contributed by atoms with Crippen LogP contribution in [-0.2, 0) is 0 Å². The molecule has 1 amide bonds. The number of hydrogen-bond donors (Lipinski definition) is 1. The number of carbonyl (C=O) groups is 1. The smallest absolute Gasteiger partial charge is 0.254 e. The summed E-state index contributed by atoms with van der Waals surface area (Å²) < 4.78 is 39.8. The number of carbonyl (C=O) groups excluding carboxylic acids is 1. The average molecular weight is 348 g/mol. The van der Waals surface area contributed by atoms with Crippen LogP contribution in [0.4, 0.5) is 13.2 Å². The van der Waals surface area contributed by atoms with Crippen molar-refractivity contribution in [3.8, 4) is 11.1 Å². The normalized spacial score (nSPS) is 17.6. The second-order valence-electron chi connectivity index (χ2n) is 6.22. The largest absolute Gasteiger partial charge is 0.334 e. The average Bonchev–Trinajstić information content (AvgIpc) is 2.65. The Morgan fingerprint density at radius 3 is 2.28 bits per heavy atom. The van der Waals surface area contributed by atoms with E-state index in [1.807, 2.05) is 0 Å². The second kappa shape index (κ2) is 7.27. The number of piperidine rings is 1. The molecule has 3 rings (SSSR count). The lowest BCUT2D eigenvalue weighted by Crippen LogP contribution is -2.47. The molecule has 1 aliphatic rings.